The number of sulfonamides is 1. The molecule has 0 unspecified atom stereocenters. The summed E-state index contributed by atoms with van der Waals surface area (Å²) in [7, 11) is -3.88. The zero-order valence-corrected chi connectivity index (χ0v) is 17.8. The van der Waals surface area contributed by atoms with Crippen molar-refractivity contribution in [2.75, 3.05) is 10.0 Å². The van der Waals surface area contributed by atoms with E-state index in [0.717, 1.165) is 16.1 Å². The van der Waals surface area contributed by atoms with E-state index in [4.69, 9.17) is 11.6 Å². The number of aryl methyl sites for hydroxylation is 3. The highest BCUT2D eigenvalue weighted by Gasteiger charge is 2.20. The minimum absolute atomic E-state index is 0.0549. The van der Waals surface area contributed by atoms with Gasteiger partial charge in [0.15, 0.2) is 5.13 Å². The van der Waals surface area contributed by atoms with Crippen molar-refractivity contribution in [3.05, 3.63) is 69.2 Å². The molecule has 0 fully saturated rings. The molecular formula is C19H18ClN3O3S2. The van der Waals surface area contributed by atoms with Gasteiger partial charge in [-0.15, -0.1) is 11.3 Å². The Morgan fingerprint density at radius 1 is 1.11 bits per heavy atom. The lowest BCUT2D eigenvalue weighted by molar-refractivity contribution is 0.102. The van der Waals surface area contributed by atoms with E-state index < -0.39 is 15.9 Å². The Balaban J connectivity index is 1.88. The number of nitrogens with one attached hydrogen (secondary N) is 2. The van der Waals surface area contributed by atoms with Crippen molar-refractivity contribution in [1.82, 2.24) is 4.98 Å². The third-order valence-corrected chi connectivity index (χ3v) is 6.71. The lowest BCUT2D eigenvalue weighted by Crippen LogP contribution is -2.16. The van der Waals surface area contributed by atoms with E-state index in [-0.39, 0.29) is 15.5 Å². The van der Waals surface area contributed by atoms with Gasteiger partial charge in [0.25, 0.3) is 15.9 Å². The smallest absolute Gasteiger partial charge is 0.261 e. The fourth-order valence-electron chi connectivity index (χ4n) is 2.46. The summed E-state index contributed by atoms with van der Waals surface area (Å²) in [5.41, 5.74) is 2.24. The van der Waals surface area contributed by atoms with Gasteiger partial charge in [0, 0.05) is 10.6 Å². The van der Waals surface area contributed by atoms with Gasteiger partial charge >= 0.3 is 0 Å². The highest BCUT2D eigenvalue weighted by atomic mass is 35.5. The molecule has 0 aliphatic heterocycles. The Bertz CT molecular complexity index is 1140. The number of nitrogens with zero attached hydrogens (tertiary/aromatic N) is 1. The highest BCUT2D eigenvalue weighted by molar-refractivity contribution is 7.92. The van der Waals surface area contributed by atoms with E-state index in [1.807, 2.05) is 26.8 Å². The fraction of sp³-hybridized carbons (Fsp3) is 0.158. The topological polar surface area (TPSA) is 88.2 Å². The second kappa shape index (κ2) is 7.90. The zero-order chi connectivity index (χ0) is 20.5. The van der Waals surface area contributed by atoms with Crippen LogP contribution >= 0.6 is 22.9 Å². The van der Waals surface area contributed by atoms with Gasteiger partial charge in [-0.25, -0.2) is 13.4 Å². The van der Waals surface area contributed by atoms with Gasteiger partial charge in [0.1, 0.15) is 0 Å². The highest BCUT2D eigenvalue weighted by Crippen LogP contribution is 2.26. The fourth-order valence-corrected chi connectivity index (χ4v) is 4.55. The van der Waals surface area contributed by atoms with Gasteiger partial charge in [0.2, 0.25) is 0 Å². The standard InChI is InChI=1S/C19H18ClN3O3S2/c1-11-5-4-6-14(9-11)23-28(25,26)15-7-8-17(20)16(10-15)18(24)22-19-21-12(2)13(3)27-19/h4-10,23H,1-3H3,(H,21,22,24). The molecule has 1 heterocycles. The number of carbonyl (C=O) groups is 1. The Hall–Kier alpha value is -2.42. The average Bonchev–Trinajstić information content (AvgIpc) is 2.92. The average molecular weight is 436 g/mol. The molecule has 3 aromatic rings. The number of halogens is 1. The Labute approximate surface area is 172 Å². The maximum atomic E-state index is 12.7. The number of aromatic nitrogens is 1. The van der Waals surface area contributed by atoms with Crippen LogP contribution in [0.3, 0.4) is 0 Å². The van der Waals surface area contributed by atoms with Crippen molar-refractivity contribution in [3.63, 3.8) is 0 Å². The van der Waals surface area contributed by atoms with Crippen molar-refractivity contribution in [1.29, 1.82) is 0 Å². The molecule has 3 rings (SSSR count). The number of amides is 1. The quantitative estimate of drug-likeness (QED) is 0.603. The molecular weight excluding hydrogens is 418 g/mol. The van der Waals surface area contributed by atoms with Gasteiger partial charge in [0.05, 0.1) is 21.2 Å². The van der Waals surface area contributed by atoms with Gasteiger partial charge < -0.3 is 0 Å². The molecule has 6 nitrogen and oxygen atoms in total. The number of thiazole rings is 1. The molecule has 0 saturated heterocycles. The lowest BCUT2D eigenvalue weighted by Gasteiger charge is -2.11. The number of carbonyl (C=O) groups excluding carboxylic acids is 1. The largest absolute Gasteiger partial charge is 0.298 e. The lowest BCUT2D eigenvalue weighted by atomic mass is 10.2. The second-order valence-electron chi connectivity index (χ2n) is 6.23. The number of anilines is 2. The van der Waals surface area contributed by atoms with Crippen LogP contribution in [0, 0.1) is 20.8 Å². The molecule has 1 amide bonds. The molecule has 2 aromatic carbocycles. The molecule has 0 spiro atoms. The van der Waals surface area contributed by atoms with Crippen molar-refractivity contribution >= 4 is 49.7 Å². The van der Waals surface area contributed by atoms with Crippen molar-refractivity contribution < 1.29 is 13.2 Å². The summed E-state index contributed by atoms with van der Waals surface area (Å²) >= 11 is 7.47. The molecule has 0 atom stereocenters. The van der Waals surface area contributed by atoms with Crippen LogP contribution in [0.2, 0.25) is 5.02 Å². The first kappa shape index (κ1) is 20.3. The number of benzene rings is 2. The normalized spacial score (nSPS) is 11.3. The second-order valence-corrected chi connectivity index (χ2v) is 9.52. The van der Waals surface area contributed by atoms with E-state index in [2.05, 4.69) is 15.0 Å². The van der Waals surface area contributed by atoms with Gasteiger partial charge in [-0.2, -0.15) is 0 Å². The first-order valence-electron chi connectivity index (χ1n) is 8.30. The van der Waals surface area contributed by atoms with Crippen LogP contribution in [-0.2, 0) is 10.0 Å². The van der Waals surface area contributed by atoms with Crippen LogP contribution in [0.1, 0.15) is 26.5 Å². The molecule has 9 heteroatoms. The first-order valence-corrected chi connectivity index (χ1v) is 11.0. The van der Waals surface area contributed by atoms with E-state index in [0.29, 0.717) is 10.8 Å². The molecule has 146 valence electrons. The minimum Gasteiger partial charge on any atom is -0.298 e. The maximum absolute atomic E-state index is 12.7. The van der Waals surface area contributed by atoms with Crippen LogP contribution in [-0.4, -0.2) is 19.3 Å². The SMILES string of the molecule is Cc1cccc(NS(=O)(=O)c2ccc(Cl)c(C(=O)Nc3nc(C)c(C)s3)c2)c1. The molecule has 0 radical (unpaired) electrons. The van der Waals surface area contributed by atoms with Crippen LogP contribution in [0.5, 0.6) is 0 Å². The molecule has 0 bridgehead atoms. The number of hydrogen-bond acceptors (Lipinski definition) is 5. The van der Waals surface area contributed by atoms with Gasteiger partial charge in [-0.05, 0) is 56.7 Å². The number of hydrogen-bond donors (Lipinski definition) is 2. The maximum Gasteiger partial charge on any atom is 0.261 e. The molecule has 1 aromatic heterocycles. The molecule has 28 heavy (non-hydrogen) atoms. The van der Waals surface area contributed by atoms with E-state index >= 15 is 0 Å². The summed E-state index contributed by atoms with van der Waals surface area (Å²) in [4.78, 5) is 17.8. The van der Waals surface area contributed by atoms with Gasteiger partial charge in [-0.1, -0.05) is 23.7 Å². The van der Waals surface area contributed by atoms with Gasteiger partial charge in [-0.3, -0.25) is 14.8 Å². The summed E-state index contributed by atoms with van der Waals surface area (Å²) in [6.45, 7) is 5.61. The minimum atomic E-state index is -3.88. The molecule has 0 saturated carbocycles. The predicted octanol–water partition coefficient (Wildman–Crippen LogP) is 4.77. The number of rotatable bonds is 5. The zero-order valence-electron chi connectivity index (χ0n) is 15.4. The third-order valence-electron chi connectivity index (χ3n) is 4.01. The van der Waals surface area contributed by atoms with Crippen molar-refractivity contribution in [3.8, 4) is 0 Å². The Kier molecular flexibility index (Phi) is 5.74. The van der Waals surface area contributed by atoms with Crippen molar-refractivity contribution in [2.24, 2.45) is 0 Å². The van der Waals surface area contributed by atoms with E-state index in [9.17, 15) is 13.2 Å². The third kappa shape index (κ3) is 4.52. The summed E-state index contributed by atoms with van der Waals surface area (Å²) in [6.07, 6.45) is 0. The Morgan fingerprint density at radius 3 is 2.50 bits per heavy atom. The molecule has 2 N–H and O–H groups in total. The van der Waals surface area contributed by atoms with Crippen LogP contribution < -0.4 is 10.0 Å². The summed E-state index contributed by atoms with van der Waals surface area (Å²) in [5.74, 6) is -0.522. The molecule has 0 aliphatic rings. The van der Waals surface area contributed by atoms with E-state index in [1.54, 1.807) is 18.2 Å². The van der Waals surface area contributed by atoms with Crippen LogP contribution in [0.15, 0.2) is 47.4 Å². The summed E-state index contributed by atoms with van der Waals surface area (Å²) in [6, 6.07) is 11.0. The van der Waals surface area contributed by atoms with E-state index in [1.165, 1.54) is 29.5 Å². The van der Waals surface area contributed by atoms with Crippen LogP contribution in [0.25, 0.3) is 0 Å². The Morgan fingerprint density at radius 2 is 1.86 bits per heavy atom. The van der Waals surface area contributed by atoms with Crippen LogP contribution in [0.4, 0.5) is 10.8 Å². The summed E-state index contributed by atoms with van der Waals surface area (Å²) in [5, 5.41) is 3.25. The summed E-state index contributed by atoms with van der Waals surface area (Å²) < 4.78 is 27.9. The monoisotopic (exact) mass is 435 g/mol. The predicted molar refractivity (Wildman–Crippen MR) is 113 cm³/mol. The first-order chi connectivity index (χ1) is 13.2. The molecule has 0 aliphatic carbocycles. The van der Waals surface area contributed by atoms with Crippen molar-refractivity contribution in [2.45, 2.75) is 25.7 Å².